The van der Waals surface area contributed by atoms with E-state index < -0.39 is 0 Å². The van der Waals surface area contributed by atoms with Gasteiger partial charge >= 0.3 is 0 Å². The summed E-state index contributed by atoms with van der Waals surface area (Å²) in [5.41, 5.74) is 6.87. The summed E-state index contributed by atoms with van der Waals surface area (Å²) >= 11 is 3.42. The van der Waals surface area contributed by atoms with E-state index in [0.29, 0.717) is 6.54 Å². The maximum atomic E-state index is 11.6. The van der Waals surface area contributed by atoms with Crippen molar-refractivity contribution >= 4 is 29.0 Å². The van der Waals surface area contributed by atoms with Crippen molar-refractivity contribution in [1.29, 1.82) is 0 Å². The molecule has 4 nitrogen and oxygen atoms in total. The van der Waals surface area contributed by atoms with E-state index in [0.717, 1.165) is 37.1 Å². The molecule has 0 aromatic carbocycles. The van der Waals surface area contributed by atoms with Crippen LogP contribution in [0, 0.1) is 6.92 Å². The summed E-state index contributed by atoms with van der Waals surface area (Å²) in [5, 5.41) is 6.14. The lowest BCUT2D eigenvalue weighted by Gasteiger charge is -2.11. The molecule has 1 aromatic heterocycles. The Morgan fingerprint density at radius 2 is 2.37 bits per heavy atom. The number of carbonyl (C=O) groups is 1. The van der Waals surface area contributed by atoms with Gasteiger partial charge in [-0.15, -0.1) is 11.3 Å². The number of rotatable bonds is 9. The molecule has 3 N–H and O–H groups in total. The number of unbranched alkanes of at least 4 members (excludes halogenated alkanes) is 1. The molecule has 1 rings (SSSR count). The Bertz CT molecular complexity index is 382. The molecule has 0 aliphatic carbocycles. The summed E-state index contributed by atoms with van der Waals surface area (Å²) in [6.45, 7) is 2.71. The zero-order valence-electron chi connectivity index (χ0n) is 11.6. The van der Waals surface area contributed by atoms with Crippen molar-refractivity contribution < 1.29 is 4.79 Å². The average Bonchev–Trinajstić information content (AvgIpc) is 2.81. The number of carbonyl (C=O) groups excluding carboxylic acids is 1. The Labute approximate surface area is 123 Å². The largest absolute Gasteiger partial charge is 0.355 e. The van der Waals surface area contributed by atoms with E-state index in [4.69, 9.17) is 5.73 Å². The molecule has 0 radical (unpaired) electrons. The van der Waals surface area contributed by atoms with Crippen LogP contribution in [0.1, 0.15) is 30.0 Å². The van der Waals surface area contributed by atoms with Crippen LogP contribution in [0.3, 0.4) is 0 Å². The highest BCUT2D eigenvalue weighted by Gasteiger charge is 2.11. The van der Waals surface area contributed by atoms with Crippen LogP contribution in [0.2, 0.25) is 0 Å². The summed E-state index contributed by atoms with van der Waals surface area (Å²) in [4.78, 5) is 16.0. The number of hydrogen-bond donors (Lipinski definition) is 2. The molecular formula is C13H23N3OS2. The summed E-state index contributed by atoms with van der Waals surface area (Å²) in [6.07, 6.45) is 5.77. The highest BCUT2D eigenvalue weighted by molar-refractivity contribution is 7.98. The van der Waals surface area contributed by atoms with Crippen LogP contribution in [0.4, 0.5) is 0 Å². The van der Waals surface area contributed by atoms with Crippen LogP contribution in [-0.2, 0) is 11.2 Å². The second-order valence-corrected chi connectivity index (χ2v) is 6.45. The van der Waals surface area contributed by atoms with Gasteiger partial charge in [-0.05, 0) is 44.6 Å². The zero-order valence-corrected chi connectivity index (χ0v) is 13.3. The second kappa shape index (κ2) is 9.34. The van der Waals surface area contributed by atoms with Crippen molar-refractivity contribution in [2.45, 2.75) is 38.6 Å². The van der Waals surface area contributed by atoms with Crippen molar-refractivity contribution in [2.75, 3.05) is 18.6 Å². The molecule has 0 saturated carbocycles. The van der Waals surface area contributed by atoms with Gasteiger partial charge < -0.3 is 11.1 Å². The Hall–Kier alpha value is -0.590. The molecule has 19 heavy (non-hydrogen) atoms. The predicted octanol–water partition coefficient (Wildman–Crippen LogP) is 1.97. The number of thioether (sulfide) groups is 1. The van der Waals surface area contributed by atoms with Crippen LogP contribution in [0.5, 0.6) is 0 Å². The Morgan fingerprint density at radius 3 is 3.00 bits per heavy atom. The van der Waals surface area contributed by atoms with Gasteiger partial charge in [0, 0.05) is 17.6 Å². The molecular weight excluding hydrogens is 278 g/mol. The number of amides is 1. The standard InChI is InChI=1S/C13H23N3OS2/c1-10-9-19-12(16-10)5-3-4-7-15-13(17)11(14)6-8-18-2/h9,11H,3-8,14H2,1-2H3,(H,15,17)/t11-/m0/s1. The fourth-order valence-corrected chi connectivity index (χ4v) is 2.95. The van der Waals surface area contributed by atoms with Crippen LogP contribution < -0.4 is 11.1 Å². The molecule has 0 spiro atoms. The lowest BCUT2D eigenvalue weighted by molar-refractivity contribution is -0.122. The van der Waals surface area contributed by atoms with Crippen LogP contribution in [0.25, 0.3) is 0 Å². The van der Waals surface area contributed by atoms with Gasteiger partial charge in [0.05, 0.1) is 11.0 Å². The van der Waals surface area contributed by atoms with Gasteiger partial charge in [-0.3, -0.25) is 4.79 Å². The molecule has 1 aromatic rings. The first-order valence-corrected chi connectivity index (χ1v) is 8.84. The number of aryl methyl sites for hydroxylation is 2. The van der Waals surface area contributed by atoms with E-state index in [1.807, 2.05) is 13.2 Å². The summed E-state index contributed by atoms with van der Waals surface area (Å²) in [7, 11) is 0. The fourth-order valence-electron chi connectivity index (χ4n) is 1.64. The molecule has 1 amide bonds. The Balaban J connectivity index is 2.05. The maximum Gasteiger partial charge on any atom is 0.236 e. The van der Waals surface area contributed by atoms with E-state index in [9.17, 15) is 4.79 Å². The molecule has 0 saturated heterocycles. The minimum atomic E-state index is -0.367. The van der Waals surface area contributed by atoms with Gasteiger partial charge in [0.25, 0.3) is 0 Å². The van der Waals surface area contributed by atoms with E-state index in [1.54, 1.807) is 23.1 Å². The predicted molar refractivity (Wildman–Crippen MR) is 83.8 cm³/mol. The third kappa shape index (κ3) is 6.94. The summed E-state index contributed by atoms with van der Waals surface area (Å²) in [5.74, 6) is 0.900. The van der Waals surface area contributed by atoms with Crippen molar-refractivity contribution in [3.05, 3.63) is 16.1 Å². The lowest BCUT2D eigenvalue weighted by atomic mass is 10.2. The van der Waals surface area contributed by atoms with E-state index in [2.05, 4.69) is 15.7 Å². The molecule has 0 aliphatic rings. The maximum absolute atomic E-state index is 11.6. The number of nitrogens with zero attached hydrogens (tertiary/aromatic N) is 1. The van der Waals surface area contributed by atoms with Crippen LogP contribution in [0.15, 0.2) is 5.38 Å². The summed E-state index contributed by atoms with van der Waals surface area (Å²) in [6, 6.07) is -0.367. The smallest absolute Gasteiger partial charge is 0.236 e. The highest BCUT2D eigenvalue weighted by Crippen LogP contribution is 2.11. The van der Waals surface area contributed by atoms with E-state index >= 15 is 0 Å². The lowest BCUT2D eigenvalue weighted by Crippen LogP contribution is -2.41. The average molecular weight is 301 g/mol. The van der Waals surface area contributed by atoms with Crippen LogP contribution >= 0.6 is 23.1 Å². The molecule has 0 aliphatic heterocycles. The Kier molecular flexibility index (Phi) is 8.09. The minimum absolute atomic E-state index is 0.0286. The Morgan fingerprint density at radius 1 is 1.58 bits per heavy atom. The molecule has 6 heteroatoms. The van der Waals surface area contributed by atoms with E-state index in [1.165, 1.54) is 5.01 Å². The van der Waals surface area contributed by atoms with Crippen molar-refractivity contribution in [3.63, 3.8) is 0 Å². The third-order valence-corrected chi connectivity index (χ3v) is 4.42. The van der Waals surface area contributed by atoms with Gasteiger partial charge in [0.1, 0.15) is 0 Å². The van der Waals surface area contributed by atoms with Crippen molar-refractivity contribution in [3.8, 4) is 0 Å². The van der Waals surface area contributed by atoms with Crippen molar-refractivity contribution in [1.82, 2.24) is 10.3 Å². The number of nitrogens with two attached hydrogens (primary N) is 1. The van der Waals surface area contributed by atoms with E-state index in [-0.39, 0.29) is 11.9 Å². The molecule has 108 valence electrons. The number of hydrogen-bond acceptors (Lipinski definition) is 5. The first kappa shape index (κ1) is 16.5. The molecule has 1 heterocycles. The van der Waals surface area contributed by atoms with Crippen molar-refractivity contribution in [2.24, 2.45) is 5.73 Å². The summed E-state index contributed by atoms with van der Waals surface area (Å²) < 4.78 is 0. The monoisotopic (exact) mass is 301 g/mol. The molecule has 0 fully saturated rings. The number of aromatic nitrogens is 1. The van der Waals surface area contributed by atoms with Gasteiger partial charge in [0.2, 0.25) is 5.91 Å². The number of nitrogens with one attached hydrogen (secondary N) is 1. The van der Waals surface area contributed by atoms with Gasteiger partial charge in [-0.2, -0.15) is 11.8 Å². The number of thiazole rings is 1. The topological polar surface area (TPSA) is 68.0 Å². The SMILES string of the molecule is CSCC[C@H](N)C(=O)NCCCCc1nc(C)cs1. The van der Waals surface area contributed by atoms with Gasteiger partial charge in [0.15, 0.2) is 0 Å². The fraction of sp³-hybridized carbons (Fsp3) is 0.692. The van der Waals surface area contributed by atoms with Crippen LogP contribution in [-0.4, -0.2) is 35.5 Å². The van der Waals surface area contributed by atoms with Gasteiger partial charge in [-0.1, -0.05) is 0 Å². The highest BCUT2D eigenvalue weighted by atomic mass is 32.2. The quantitative estimate of drug-likeness (QED) is 0.684. The first-order chi connectivity index (χ1) is 9.13. The zero-order chi connectivity index (χ0) is 14.1. The molecule has 0 unspecified atom stereocenters. The minimum Gasteiger partial charge on any atom is -0.355 e. The first-order valence-electron chi connectivity index (χ1n) is 6.56. The molecule has 0 bridgehead atoms. The molecule has 1 atom stereocenters. The van der Waals surface area contributed by atoms with Gasteiger partial charge in [-0.25, -0.2) is 4.98 Å². The normalized spacial score (nSPS) is 12.4. The third-order valence-electron chi connectivity index (χ3n) is 2.75. The second-order valence-electron chi connectivity index (χ2n) is 4.52.